The Bertz CT molecular complexity index is 399. The van der Waals surface area contributed by atoms with E-state index < -0.39 is 0 Å². The highest BCUT2D eigenvalue weighted by Crippen LogP contribution is 2.20. The Hall–Kier alpha value is -1.36. The predicted octanol–water partition coefficient (Wildman–Crippen LogP) is 2.08. The van der Waals surface area contributed by atoms with Crippen LogP contribution in [0, 0.1) is 5.92 Å². The van der Waals surface area contributed by atoms with Crippen molar-refractivity contribution in [1.82, 2.24) is 14.9 Å². The molecule has 5 nitrogen and oxygen atoms in total. The highest BCUT2D eigenvalue weighted by atomic mass is 15.2. The van der Waals surface area contributed by atoms with E-state index in [0.29, 0.717) is 0 Å². The number of piperidine rings is 1. The van der Waals surface area contributed by atoms with Gasteiger partial charge in [-0.3, -0.25) is 0 Å². The maximum Gasteiger partial charge on any atom is 0.171 e. The van der Waals surface area contributed by atoms with E-state index in [1.54, 1.807) is 12.4 Å². The lowest BCUT2D eigenvalue weighted by Gasteiger charge is -2.31. The second-order valence-corrected chi connectivity index (χ2v) is 5.74. The molecule has 0 radical (unpaired) electrons. The number of aromatic nitrogens is 2. The van der Waals surface area contributed by atoms with Gasteiger partial charge in [0.1, 0.15) is 0 Å². The zero-order valence-electron chi connectivity index (χ0n) is 13.0. The fraction of sp³-hybridized carbons (Fsp3) is 0.733. The zero-order valence-corrected chi connectivity index (χ0v) is 13.0. The maximum absolute atomic E-state index is 4.37. The van der Waals surface area contributed by atoms with Crippen molar-refractivity contribution >= 4 is 11.6 Å². The molecule has 0 unspecified atom stereocenters. The Morgan fingerprint density at radius 2 is 1.95 bits per heavy atom. The average Bonchev–Trinajstić information content (AvgIpc) is 2.48. The van der Waals surface area contributed by atoms with E-state index in [9.17, 15) is 0 Å². The van der Waals surface area contributed by atoms with E-state index >= 15 is 0 Å². The smallest absolute Gasteiger partial charge is 0.171 e. The first-order chi connectivity index (χ1) is 9.70. The van der Waals surface area contributed by atoms with Gasteiger partial charge in [0.15, 0.2) is 11.6 Å². The Labute approximate surface area is 122 Å². The van der Waals surface area contributed by atoms with Crippen molar-refractivity contribution in [3.63, 3.8) is 0 Å². The first-order valence-electron chi connectivity index (χ1n) is 7.65. The summed E-state index contributed by atoms with van der Waals surface area (Å²) in [6.07, 6.45) is 7.51. The van der Waals surface area contributed by atoms with Gasteiger partial charge in [-0.1, -0.05) is 13.3 Å². The van der Waals surface area contributed by atoms with Crippen LogP contribution in [0.25, 0.3) is 0 Å². The molecular formula is C15H27N5. The molecule has 0 spiro atoms. The lowest BCUT2D eigenvalue weighted by molar-refractivity contribution is 0.187. The lowest BCUT2D eigenvalue weighted by Crippen LogP contribution is -2.36. The second kappa shape index (κ2) is 7.43. The van der Waals surface area contributed by atoms with Gasteiger partial charge >= 0.3 is 0 Å². The molecule has 0 amide bonds. The highest BCUT2D eigenvalue weighted by Gasteiger charge is 2.17. The molecule has 0 saturated carbocycles. The lowest BCUT2D eigenvalue weighted by atomic mass is 9.94. The van der Waals surface area contributed by atoms with E-state index in [1.807, 2.05) is 19.0 Å². The van der Waals surface area contributed by atoms with Crippen LogP contribution in [-0.4, -0.2) is 55.1 Å². The van der Waals surface area contributed by atoms with Crippen LogP contribution in [0.2, 0.25) is 0 Å². The van der Waals surface area contributed by atoms with Crippen molar-refractivity contribution in [2.45, 2.75) is 26.2 Å². The molecule has 0 aromatic carbocycles. The molecule has 1 aliphatic rings. The minimum atomic E-state index is 0.876. The number of anilines is 2. The van der Waals surface area contributed by atoms with Crippen molar-refractivity contribution in [1.29, 1.82) is 0 Å². The molecule has 1 fully saturated rings. The predicted molar refractivity (Wildman–Crippen MR) is 84.3 cm³/mol. The van der Waals surface area contributed by atoms with E-state index in [1.165, 1.54) is 32.4 Å². The molecule has 2 heterocycles. The van der Waals surface area contributed by atoms with Gasteiger partial charge in [0.05, 0.1) is 0 Å². The standard InChI is InChI=1S/C15H27N5/c1-4-13-5-10-20(11-6-13)12-9-17-14-15(19(2)3)18-8-7-16-14/h7-8,13H,4-6,9-12H2,1-3H3,(H,16,17). The van der Waals surface area contributed by atoms with Gasteiger partial charge < -0.3 is 15.1 Å². The fourth-order valence-corrected chi connectivity index (χ4v) is 2.73. The van der Waals surface area contributed by atoms with Crippen LogP contribution in [0.1, 0.15) is 26.2 Å². The van der Waals surface area contributed by atoms with Crippen molar-refractivity contribution in [3.05, 3.63) is 12.4 Å². The SMILES string of the molecule is CCC1CCN(CCNc2nccnc2N(C)C)CC1. The molecule has 112 valence electrons. The van der Waals surface area contributed by atoms with Gasteiger partial charge in [0.2, 0.25) is 0 Å². The van der Waals surface area contributed by atoms with Crippen LogP contribution in [0.5, 0.6) is 0 Å². The second-order valence-electron chi connectivity index (χ2n) is 5.74. The topological polar surface area (TPSA) is 44.3 Å². The number of hydrogen-bond acceptors (Lipinski definition) is 5. The molecule has 0 bridgehead atoms. The van der Waals surface area contributed by atoms with Crippen molar-refractivity contribution < 1.29 is 0 Å². The minimum Gasteiger partial charge on any atom is -0.366 e. The van der Waals surface area contributed by atoms with Crippen LogP contribution in [-0.2, 0) is 0 Å². The molecular weight excluding hydrogens is 250 g/mol. The van der Waals surface area contributed by atoms with Gasteiger partial charge in [0.25, 0.3) is 0 Å². The van der Waals surface area contributed by atoms with Gasteiger partial charge in [-0.2, -0.15) is 0 Å². The molecule has 5 heteroatoms. The molecule has 0 atom stereocenters. The summed E-state index contributed by atoms with van der Waals surface area (Å²) in [4.78, 5) is 13.3. The Balaban J connectivity index is 1.76. The van der Waals surface area contributed by atoms with Crippen molar-refractivity contribution in [2.24, 2.45) is 5.92 Å². The zero-order chi connectivity index (χ0) is 14.4. The summed E-state index contributed by atoms with van der Waals surface area (Å²) >= 11 is 0. The third kappa shape index (κ3) is 4.07. The number of hydrogen-bond donors (Lipinski definition) is 1. The molecule has 0 aliphatic carbocycles. The van der Waals surface area contributed by atoms with Gasteiger partial charge in [0, 0.05) is 39.6 Å². The number of rotatable bonds is 6. The molecule has 1 N–H and O–H groups in total. The summed E-state index contributed by atoms with van der Waals surface area (Å²) in [5.74, 6) is 2.72. The minimum absolute atomic E-state index is 0.876. The third-order valence-corrected chi connectivity index (χ3v) is 4.11. The first-order valence-corrected chi connectivity index (χ1v) is 7.65. The number of nitrogens with one attached hydrogen (secondary N) is 1. The number of nitrogens with zero attached hydrogens (tertiary/aromatic N) is 4. The normalized spacial score (nSPS) is 17.1. The summed E-state index contributed by atoms with van der Waals surface area (Å²) < 4.78 is 0. The van der Waals surface area contributed by atoms with E-state index in [2.05, 4.69) is 27.1 Å². The largest absolute Gasteiger partial charge is 0.366 e. The molecule has 20 heavy (non-hydrogen) atoms. The maximum atomic E-state index is 4.37. The number of likely N-dealkylation sites (tertiary alicyclic amines) is 1. The van der Waals surface area contributed by atoms with Crippen molar-refractivity contribution in [2.75, 3.05) is 50.5 Å². The van der Waals surface area contributed by atoms with Crippen LogP contribution in [0.4, 0.5) is 11.6 Å². The summed E-state index contributed by atoms with van der Waals surface area (Å²) in [6.45, 7) is 6.79. The first kappa shape index (κ1) is 15.0. The summed E-state index contributed by atoms with van der Waals surface area (Å²) in [7, 11) is 3.98. The van der Waals surface area contributed by atoms with Gasteiger partial charge in [-0.15, -0.1) is 0 Å². The summed E-state index contributed by atoms with van der Waals surface area (Å²) in [5.41, 5.74) is 0. The molecule has 1 saturated heterocycles. The molecule has 1 aromatic rings. The third-order valence-electron chi connectivity index (χ3n) is 4.11. The van der Waals surface area contributed by atoms with Gasteiger partial charge in [-0.25, -0.2) is 9.97 Å². The van der Waals surface area contributed by atoms with E-state index in [4.69, 9.17) is 0 Å². The van der Waals surface area contributed by atoms with E-state index in [0.717, 1.165) is 30.6 Å². The average molecular weight is 277 g/mol. The Morgan fingerprint density at radius 3 is 2.60 bits per heavy atom. The Kier molecular flexibility index (Phi) is 5.59. The van der Waals surface area contributed by atoms with Gasteiger partial charge in [-0.05, 0) is 31.8 Å². The summed E-state index contributed by atoms with van der Waals surface area (Å²) in [6, 6.07) is 0. The highest BCUT2D eigenvalue weighted by molar-refractivity contribution is 5.59. The van der Waals surface area contributed by atoms with E-state index in [-0.39, 0.29) is 0 Å². The summed E-state index contributed by atoms with van der Waals surface area (Å²) in [5, 5.41) is 3.41. The molecule has 1 aliphatic heterocycles. The van der Waals surface area contributed by atoms with Crippen LogP contribution >= 0.6 is 0 Å². The van der Waals surface area contributed by atoms with Crippen molar-refractivity contribution in [3.8, 4) is 0 Å². The van der Waals surface area contributed by atoms with Crippen LogP contribution < -0.4 is 10.2 Å². The van der Waals surface area contributed by atoms with Crippen LogP contribution in [0.15, 0.2) is 12.4 Å². The Morgan fingerprint density at radius 1 is 1.25 bits per heavy atom. The molecule has 1 aromatic heterocycles. The fourth-order valence-electron chi connectivity index (χ4n) is 2.73. The quantitative estimate of drug-likeness (QED) is 0.862. The molecule has 2 rings (SSSR count). The monoisotopic (exact) mass is 277 g/mol. The van der Waals surface area contributed by atoms with Crippen LogP contribution in [0.3, 0.4) is 0 Å².